The smallest absolute Gasteiger partial charge is 0.261 e. The molecule has 4 nitrogen and oxygen atoms in total. The molecule has 0 aliphatic rings. The van der Waals surface area contributed by atoms with E-state index < -0.39 is 6.10 Å². The fraction of sp³-hybridized carbons (Fsp3) is 0.312. The zero-order valence-corrected chi connectivity index (χ0v) is 14.2. The Balaban J connectivity index is 1.91. The summed E-state index contributed by atoms with van der Waals surface area (Å²) < 4.78 is 11.4. The number of halogens is 1. The van der Waals surface area contributed by atoms with Crippen molar-refractivity contribution in [1.82, 2.24) is 5.32 Å². The lowest BCUT2D eigenvalue weighted by molar-refractivity contribution is -0.127. The fourth-order valence-electron chi connectivity index (χ4n) is 1.87. The second kappa shape index (κ2) is 7.51. The first kappa shape index (κ1) is 16.6. The molecule has 0 saturated heterocycles. The summed E-state index contributed by atoms with van der Waals surface area (Å²) in [7, 11) is 1.60. The molecule has 0 spiro atoms. The van der Waals surface area contributed by atoms with Crippen molar-refractivity contribution in [3.63, 3.8) is 0 Å². The van der Waals surface area contributed by atoms with Crippen molar-refractivity contribution in [3.8, 4) is 11.5 Å². The van der Waals surface area contributed by atoms with Crippen molar-refractivity contribution >= 4 is 28.8 Å². The van der Waals surface area contributed by atoms with Gasteiger partial charge in [-0.1, -0.05) is 11.6 Å². The van der Waals surface area contributed by atoms with E-state index in [0.29, 0.717) is 10.1 Å². The summed E-state index contributed by atoms with van der Waals surface area (Å²) in [6.07, 6.45) is -0.591. The van der Waals surface area contributed by atoms with Crippen LogP contribution in [0.4, 0.5) is 0 Å². The first-order valence-corrected chi connectivity index (χ1v) is 8.05. The molecular formula is C16H18ClNO3S. The molecule has 1 aromatic heterocycles. The number of hydrogen-bond donors (Lipinski definition) is 1. The molecule has 0 fully saturated rings. The topological polar surface area (TPSA) is 47.6 Å². The van der Waals surface area contributed by atoms with Gasteiger partial charge >= 0.3 is 0 Å². The zero-order chi connectivity index (χ0) is 16.1. The molecule has 2 atom stereocenters. The van der Waals surface area contributed by atoms with Gasteiger partial charge in [-0.2, -0.15) is 0 Å². The molecule has 1 heterocycles. The number of carbonyl (C=O) groups is 1. The fourth-order valence-corrected chi connectivity index (χ4v) is 2.94. The van der Waals surface area contributed by atoms with Gasteiger partial charge in [0, 0.05) is 4.88 Å². The Hall–Kier alpha value is -1.72. The van der Waals surface area contributed by atoms with Crippen LogP contribution in [0.5, 0.6) is 11.5 Å². The minimum atomic E-state index is -0.591. The quantitative estimate of drug-likeness (QED) is 0.863. The monoisotopic (exact) mass is 339 g/mol. The molecular weight excluding hydrogens is 322 g/mol. The van der Waals surface area contributed by atoms with Gasteiger partial charge < -0.3 is 14.8 Å². The summed E-state index contributed by atoms with van der Waals surface area (Å²) in [6, 6.07) is 10.7. The molecule has 0 bridgehead atoms. The summed E-state index contributed by atoms with van der Waals surface area (Å²) in [4.78, 5) is 13.2. The van der Waals surface area contributed by atoms with Crippen LogP contribution in [0.1, 0.15) is 24.8 Å². The predicted molar refractivity (Wildman–Crippen MR) is 89.0 cm³/mol. The molecule has 2 aromatic rings. The summed E-state index contributed by atoms with van der Waals surface area (Å²) >= 11 is 7.36. The van der Waals surface area contributed by atoms with Crippen LogP contribution in [0, 0.1) is 0 Å². The highest BCUT2D eigenvalue weighted by molar-refractivity contribution is 7.16. The standard InChI is InChI=1S/C16H18ClNO3S/c1-10(14-8-9-15(17)22-14)18-16(19)11(2)21-13-6-4-12(20-3)5-7-13/h4-11H,1-3H3,(H,18,19)/t10-,11-/m1/s1. The number of benzene rings is 1. The van der Waals surface area contributed by atoms with Gasteiger partial charge in [0.25, 0.3) is 5.91 Å². The molecule has 0 saturated carbocycles. The zero-order valence-electron chi connectivity index (χ0n) is 12.6. The molecule has 22 heavy (non-hydrogen) atoms. The van der Waals surface area contributed by atoms with Gasteiger partial charge in [0.1, 0.15) is 11.5 Å². The van der Waals surface area contributed by atoms with E-state index in [1.54, 1.807) is 38.3 Å². The van der Waals surface area contributed by atoms with Crippen molar-refractivity contribution in [3.05, 3.63) is 45.6 Å². The Kier molecular flexibility index (Phi) is 5.69. The highest BCUT2D eigenvalue weighted by atomic mass is 35.5. The van der Waals surface area contributed by atoms with Crippen LogP contribution < -0.4 is 14.8 Å². The van der Waals surface area contributed by atoms with Gasteiger partial charge in [-0.15, -0.1) is 11.3 Å². The van der Waals surface area contributed by atoms with Gasteiger partial charge in [0.05, 0.1) is 17.5 Å². The molecule has 0 unspecified atom stereocenters. The number of rotatable bonds is 6. The number of thiophene rings is 1. The normalized spacial score (nSPS) is 13.3. The van der Waals surface area contributed by atoms with Crippen molar-refractivity contribution in [2.24, 2.45) is 0 Å². The second-order valence-electron chi connectivity index (χ2n) is 4.81. The number of carbonyl (C=O) groups excluding carboxylic acids is 1. The van der Waals surface area contributed by atoms with Crippen LogP contribution >= 0.6 is 22.9 Å². The highest BCUT2D eigenvalue weighted by Gasteiger charge is 2.18. The summed E-state index contributed by atoms with van der Waals surface area (Å²) in [5.41, 5.74) is 0. The summed E-state index contributed by atoms with van der Waals surface area (Å²) in [5, 5.41) is 2.92. The van der Waals surface area contributed by atoms with Crippen LogP contribution in [0.15, 0.2) is 36.4 Å². The highest BCUT2D eigenvalue weighted by Crippen LogP contribution is 2.26. The Labute approximate surface area is 139 Å². The van der Waals surface area contributed by atoms with Crippen molar-refractivity contribution in [2.75, 3.05) is 7.11 Å². The first-order chi connectivity index (χ1) is 10.5. The number of amides is 1. The van der Waals surface area contributed by atoms with Gasteiger partial charge in [-0.05, 0) is 50.2 Å². The minimum Gasteiger partial charge on any atom is -0.497 e. The number of nitrogens with one attached hydrogen (secondary N) is 1. The number of methoxy groups -OCH3 is 1. The molecule has 0 aliphatic heterocycles. The van der Waals surface area contributed by atoms with E-state index in [1.165, 1.54) is 11.3 Å². The SMILES string of the molecule is COc1ccc(O[C@H](C)C(=O)N[C@H](C)c2ccc(Cl)s2)cc1. The minimum absolute atomic E-state index is 0.105. The lowest BCUT2D eigenvalue weighted by Gasteiger charge is -2.18. The molecule has 0 aliphatic carbocycles. The third-order valence-corrected chi connectivity index (χ3v) is 4.53. The van der Waals surface area contributed by atoms with Gasteiger partial charge in [-0.25, -0.2) is 0 Å². The average molecular weight is 340 g/mol. The van der Waals surface area contributed by atoms with Gasteiger partial charge in [0.2, 0.25) is 0 Å². The summed E-state index contributed by atoms with van der Waals surface area (Å²) in [6.45, 7) is 3.63. The molecule has 1 N–H and O–H groups in total. The lowest BCUT2D eigenvalue weighted by Crippen LogP contribution is -2.37. The third-order valence-electron chi connectivity index (χ3n) is 3.12. The van der Waals surface area contributed by atoms with Gasteiger partial charge in [0.15, 0.2) is 6.10 Å². The van der Waals surface area contributed by atoms with E-state index >= 15 is 0 Å². The van der Waals surface area contributed by atoms with E-state index in [9.17, 15) is 4.79 Å². The van der Waals surface area contributed by atoms with Gasteiger partial charge in [-0.3, -0.25) is 4.79 Å². The largest absolute Gasteiger partial charge is 0.497 e. The lowest BCUT2D eigenvalue weighted by atomic mass is 10.2. The Morgan fingerprint density at radius 3 is 2.32 bits per heavy atom. The van der Waals surface area contributed by atoms with Crippen molar-refractivity contribution in [1.29, 1.82) is 0 Å². The van der Waals surface area contributed by atoms with Crippen LogP contribution in [0.25, 0.3) is 0 Å². The molecule has 2 rings (SSSR count). The van der Waals surface area contributed by atoms with Crippen molar-refractivity contribution < 1.29 is 14.3 Å². The van der Waals surface area contributed by atoms with E-state index in [2.05, 4.69) is 5.32 Å². The third kappa shape index (κ3) is 4.39. The van der Waals surface area contributed by atoms with Crippen molar-refractivity contribution in [2.45, 2.75) is 26.0 Å². The van der Waals surface area contributed by atoms with Crippen LogP contribution in [-0.2, 0) is 4.79 Å². The van der Waals surface area contributed by atoms with Crippen LogP contribution in [-0.4, -0.2) is 19.1 Å². The molecule has 1 amide bonds. The molecule has 1 aromatic carbocycles. The number of hydrogen-bond acceptors (Lipinski definition) is 4. The Bertz CT molecular complexity index is 627. The average Bonchev–Trinajstić information content (AvgIpc) is 2.94. The van der Waals surface area contributed by atoms with Crippen LogP contribution in [0.2, 0.25) is 4.34 Å². The maximum absolute atomic E-state index is 12.2. The second-order valence-corrected chi connectivity index (χ2v) is 6.55. The Morgan fingerprint density at radius 2 is 1.77 bits per heavy atom. The number of ether oxygens (including phenoxy) is 2. The maximum Gasteiger partial charge on any atom is 0.261 e. The Morgan fingerprint density at radius 1 is 1.14 bits per heavy atom. The first-order valence-electron chi connectivity index (χ1n) is 6.86. The predicted octanol–water partition coefficient (Wildman–Crippen LogP) is 4.05. The van der Waals surface area contributed by atoms with Crippen LogP contribution in [0.3, 0.4) is 0 Å². The molecule has 6 heteroatoms. The maximum atomic E-state index is 12.2. The van der Waals surface area contributed by atoms with E-state index in [4.69, 9.17) is 21.1 Å². The molecule has 118 valence electrons. The summed E-state index contributed by atoms with van der Waals surface area (Å²) in [5.74, 6) is 1.19. The van der Waals surface area contributed by atoms with E-state index in [-0.39, 0.29) is 11.9 Å². The molecule has 0 radical (unpaired) electrons. The van der Waals surface area contributed by atoms with E-state index in [0.717, 1.165) is 10.6 Å². The van der Waals surface area contributed by atoms with E-state index in [1.807, 2.05) is 19.1 Å².